The van der Waals surface area contributed by atoms with Crippen LogP contribution in [0.5, 0.6) is 5.75 Å². The van der Waals surface area contributed by atoms with Crippen LogP contribution in [-0.4, -0.2) is 11.1 Å². The van der Waals surface area contributed by atoms with Gasteiger partial charge in [-0.2, -0.15) is 0 Å². The lowest BCUT2D eigenvalue weighted by Gasteiger charge is -2.12. The third-order valence-corrected chi connectivity index (χ3v) is 6.03. The minimum atomic E-state index is -0.345. The van der Waals surface area contributed by atoms with Crippen LogP contribution in [0.4, 0.5) is 10.5 Å². The number of carbonyl (C=O) groups excluding carboxylic acids is 2. The van der Waals surface area contributed by atoms with Crippen molar-refractivity contribution in [2.24, 2.45) is 0 Å². The normalized spacial score (nSPS) is 15.1. The summed E-state index contributed by atoms with van der Waals surface area (Å²) in [5.41, 5.74) is 2.38. The van der Waals surface area contributed by atoms with Crippen LogP contribution in [0.1, 0.15) is 11.1 Å². The Kier molecular flexibility index (Phi) is 6.27. The van der Waals surface area contributed by atoms with Crippen LogP contribution < -0.4 is 9.64 Å². The van der Waals surface area contributed by atoms with Crippen molar-refractivity contribution in [3.63, 3.8) is 0 Å². The molecule has 1 fully saturated rings. The van der Waals surface area contributed by atoms with Crippen molar-refractivity contribution in [2.75, 3.05) is 4.90 Å². The summed E-state index contributed by atoms with van der Waals surface area (Å²) in [6, 6.07) is 21.9. The molecule has 7 heteroatoms. The third kappa shape index (κ3) is 4.78. The number of thioether (sulfide) groups is 1. The van der Waals surface area contributed by atoms with Gasteiger partial charge >= 0.3 is 0 Å². The maximum atomic E-state index is 12.7. The Morgan fingerprint density at radius 3 is 2.27 bits per heavy atom. The van der Waals surface area contributed by atoms with E-state index >= 15 is 0 Å². The summed E-state index contributed by atoms with van der Waals surface area (Å²) in [7, 11) is 0. The van der Waals surface area contributed by atoms with Crippen molar-refractivity contribution in [1.29, 1.82) is 0 Å². The highest BCUT2D eigenvalue weighted by molar-refractivity contribution is 9.10. The van der Waals surface area contributed by atoms with Crippen LogP contribution in [0.2, 0.25) is 5.02 Å². The van der Waals surface area contributed by atoms with E-state index in [4.69, 9.17) is 16.3 Å². The first-order chi connectivity index (χ1) is 14.5. The van der Waals surface area contributed by atoms with Crippen LogP contribution in [0, 0.1) is 0 Å². The minimum absolute atomic E-state index is 0.331. The number of hydrogen-bond acceptors (Lipinski definition) is 4. The number of ether oxygens (including phenoxy) is 1. The van der Waals surface area contributed by atoms with Crippen molar-refractivity contribution >= 4 is 62.2 Å². The van der Waals surface area contributed by atoms with E-state index in [1.54, 1.807) is 30.3 Å². The Morgan fingerprint density at radius 1 is 0.933 bits per heavy atom. The molecule has 0 saturated carbocycles. The zero-order valence-corrected chi connectivity index (χ0v) is 18.7. The van der Waals surface area contributed by atoms with Gasteiger partial charge in [-0.1, -0.05) is 51.8 Å². The predicted molar refractivity (Wildman–Crippen MR) is 125 cm³/mol. The first kappa shape index (κ1) is 20.7. The Hall–Kier alpha value is -2.54. The van der Waals surface area contributed by atoms with Gasteiger partial charge in [0, 0.05) is 9.50 Å². The number of hydrogen-bond donors (Lipinski definition) is 0. The number of carbonyl (C=O) groups is 2. The number of rotatable bonds is 5. The fourth-order valence-corrected chi connectivity index (χ4v) is 4.07. The molecule has 3 aromatic rings. The van der Waals surface area contributed by atoms with Crippen molar-refractivity contribution in [2.45, 2.75) is 6.61 Å². The van der Waals surface area contributed by atoms with E-state index in [9.17, 15) is 9.59 Å². The smallest absolute Gasteiger partial charge is 0.298 e. The largest absolute Gasteiger partial charge is 0.489 e. The zero-order valence-electron chi connectivity index (χ0n) is 15.5. The van der Waals surface area contributed by atoms with Gasteiger partial charge in [-0.3, -0.25) is 9.59 Å². The molecule has 0 N–H and O–H groups in total. The number of nitrogens with zero attached hydrogens (tertiary/aromatic N) is 1. The summed E-state index contributed by atoms with van der Waals surface area (Å²) < 4.78 is 6.82. The molecule has 0 aliphatic carbocycles. The Labute approximate surface area is 191 Å². The molecule has 0 spiro atoms. The quantitative estimate of drug-likeness (QED) is 0.357. The molecule has 4 rings (SSSR count). The molecule has 0 radical (unpaired) electrons. The number of anilines is 1. The molecule has 0 atom stereocenters. The van der Waals surface area contributed by atoms with Gasteiger partial charge in [-0.25, -0.2) is 4.90 Å². The molecule has 1 aliphatic rings. The number of benzene rings is 3. The lowest BCUT2D eigenvalue weighted by atomic mass is 10.2. The second-order valence-electron chi connectivity index (χ2n) is 6.48. The molecule has 1 heterocycles. The van der Waals surface area contributed by atoms with Crippen LogP contribution >= 0.6 is 39.3 Å². The molecule has 0 bridgehead atoms. The summed E-state index contributed by atoms with van der Waals surface area (Å²) >= 11 is 10.2. The molecule has 1 aliphatic heterocycles. The Balaban J connectivity index is 1.44. The molecule has 30 heavy (non-hydrogen) atoms. The Morgan fingerprint density at radius 2 is 1.60 bits per heavy atom. The fourth-order valence-electron chi connectivity index (χ4n) is 2.84. The first-order valence-corrected chi connectivity index (χ1v) is 11.0. The highest BCUT2D eigenvalue weighted by Gasteiger charge is 2.36. The minimum Gasteiger partial charge on any atom is -0.489 e. The van der Waals surface area contributed by atoms with Gasteiger partial charge in [0.2, 0.25) is 0 Å². The molecule has 0 aromatic heterocycles. The van der Waals surface area contributed by atoms with Crippen LogP contribution in [0.25, 0.3) is 6.08 Å². The molecular weight excluding hydrogens is 486 g/mol. The maximum absolute atomic E-state index is 12.7. The summed E-state index contributed by atoms with van der Waals surface area (Å²) in [5.74, 6) is 0.382. The standard InChI is InChI=1S/C23H15BrClNO3S/c24-17-5-1-16(2-6-17)14-29-20-11-3-15(4-12-20)13-21-22(27)26(23(28)30-21)19-9-7-18(25)8-10-19/h1-13H,14H2/b21-13+. The lowest BCUT2D eigenvalue weighted by Crippen LogP contribution is -2.27. The lowest BCUT2D eigenvalue weighted by molar-refractivity contribution is -0.113. The molecule has 3 aromatic carbocycles. The van der Waals surface area contributed by atoms with Crippen molar-refractivity contribution < 1.29 is 14.3 Å². The molecule has 0 unspecified atom stereocenters. The summed E-state index contributed by atoms with van der Waals surface area (Å²) in [5, 5.41) is 0.215. The fraction of sp³-hybridized carbons (Fsp3) is 0.0435. The average Bonchev–Trinajstić information content (AvgIpc) is 3.02. The van der Waals surface area contributed by atoms with Gasteiger partial charge in [0.05, 0.1) is 10.6 Å². The van der Waals surface area contributed by atoms with Gasteiger partial charge in [-0.05, 0) is 77.5 Å². The third-order valence-electron chi connectivity index (χ3n) is 4.38. The maximum Gasteiger partial charge on any atom is 0.298 e. The Bertz CT molecular complexity index is 1110. The predicted octanol–water partition coefficient (Wildman–Crippen LogP) is 6.92. The van der Waals surface area contributed by atoms with Gasteiger partial charge in [0.25, 0.3) is 11.1 Å². The summed E-state index contributed by atoms with van der Waals surface area (Å²) in [4.78, 5) is 26.6. The van der Waals surface area contributed by atoms with Crippen LogP contribution in [0.15, 0.2) is 82.2 Å². The zero-order chi connectivity index (χ0) is 21.1. The summed E-state index contributed by atoms with van der Waals surface area (Å²) in [6.45, 7) is 0.465. The van der Waals surface area contributed by atoms with E-state index in [0.717, 1.165) is 38.0 Å². The summed E-state index contributed by atoms with van der Waals surface area (Å²) in [6.07, 6.45) is 1.71. The van der Waals surface area contributed by atoms with E-state index < -0.39 is 0 Å². The highest BCUT2D eigenvalue weighted by atomic mass is 79.9. The monoisotopic (exact) mass is 499 g/mol. The second kappa shape index (κ2) is 9.08. The van der Waals surface area contributed by atoms with E-state index in [-0.39, 0.29) is 11.1 Å². The van der Waals surface area contributed by atoms with Crippen molar-refractivity contribution in [3.8, 4) is 5.75 Å². The van der Waals surface area contributed by atoms with Gasteiger partial charge in [0.15, 0.2) is 0 Å². The van der Waals surface area contributed by atoms with E-state index in [0.29, 0.717) is 22.2 Å². The number of amides is 2. The molecule has 150 valence electrons. The highest BCUT2D eigenvalue weighted by Crippen LogP contribution is 2.36. The molecule has 4 nitrogen and oxygen atoms in total. The van der Waals surface area contributed by atoms with E-state index in [2.05, 4.69) is 15.9 Å². The van der Waals surface area contributed by atoms with Crippen molar-refractivity contribution in [3.05, 3.63) is 98.3 Å². The molecular formula is C23H15BrClNO3S. The molecule has 2 amide bonds. The van der Waals surface area contributed by atoms with Gasteiger partial charge in [-0.15, -0.1) is 0 Å². The second-order valence-corrected chi connectivity index (χ2v) is 8.82. The first-order valence-electron chi connectivity index (χ1n) is 9.00. The topological polar surface area (TPSA) is 46.6 Å². The molecule has 1 saturated heterocycles. The number of imide groups is 1. The van der Waals surface area contributed by atoms with Crippen LogP contribution in [0.3, 0.4) is 0 Å². The van der Waals surface area contributed by atoms with Gasteiger partial charge < -0.3 is 4.74 Å². The SMILES string of the molecule is O=C1S/C(=C/c2ccc(OCc3ccc(Br)cc3)cc2)C(=O)N1c1ccc(Cl)cc1. The van der Waals surface area contributed by atoms with Crippen LogP contribution in [-0.2, 0) is 11.4 Å². The van der Waals surface area contributed by atoms with E-state index in [1.165, 1.54) is 0 Å². The van der Waals surface area contributed by atoms with Crippen molar-refractivity contribution in [1.82, 2.24) is 0 Å². The van der Waals surface area contributed by atoms with E-state index in [1.807, 2.05) is 48.5 Å². The van der Waals surface area contributed by atoms with Gasteiger partial charge in [0.1, 0.15) is 12.4 Å². The number of halogens is 2. The average molecular weight is 501 g/mol.